The topological polar surface area (TPSA) is 80.6 Å². The highest BCUT2D eigenvalue weighted by molar-refractivity contribution is 5.92. The molecule has 5 rings (SSSR count). The first-order valence-corrected chi connectivity index (χ1v) is 11.6. The first kappa shape index (κ1) is 21.9. The van der Waals surface area contributed by atoms with E-state index in [1.807, 2.05) is 71.6 Å². The molecule has 0 radical (unpaired) electrons. The zero-order valence-electron chi connectivity index (χ0n) is 18.9. The number of ether oxygens (including phenoxy) is 1. The van der Waals surface area contributed by atoms with E-state index in [0.29, 0.717) is 31.1 Å². The fourth-order valence-electron chi connectivity index (χ4n) is 4.97. The van der Waals surface area contributed by atoms with E-state index in [9.17, 15) is 14.4 Å². The minimum absolute atomic E-state index is 0.00262. The third-order valence-corrected chi connectivity index (χ3v) is 6.54. The Bertz CT molecular complexity index is 1240. The molecule has 2 atom stereocenters. The van der Waals surface area contributed by atoms with Crippen molar-refractivity contribution in [3.05, 3.63) is 94.4 Å². The predicted molar refractivity (Wildman–Crippen MR) is 129 cm³/mol. The standard InChI is InChI=1S/C27H27N3O4/c31-25(14-19-7-3-1-4-8-19)28-23-11-12-24-21-13-20(16-30(24)27(23)33)15-29(17-21)26(32)18-34-22-9-5-2-6-10-22/h1-12,20-21H,13-18H2,(H,28,31)/t20-,21-/m1/s1. The number of fused-ring (bicyclic) bond motifs is 4. The number of nitrogens with zero attached hydrogens (tertiary/aromatic N) is 2. The van der Waals surface area contributed by atoms with Crippen molar-refractivity contribution in [1.29, 1.82) is 0 Å². The molecule has 174 valence electrons. The number of rotatable bonds is 6. The molecule has 3 aromatic rings. The summed E-state index contributed by atoms with van der Waals surface area (Å²) in [6.45, 7) is 1.70. The van der Waals surface area contributed by atoms with Crippen LogP contribution < -0.4 is 15.6 Å². The molecular formula is C27H27N3O4. The number of carbonyl (C=O) groups is 2. The van der Waals surface area contributed by atoms with Gasteiger partial charge in [0.15, 0.2) is 6.61 Å². The molecule has 1 fully saturated rings. The van der Waals surface area contributed by atoms with Crippen LogP contribution in [0.2, 0.25) is 0 Å². The predicted octanol–water partition coefficient (Wildman–Crippen LogP) is 3.05. The largest absolute Gasteiger partial charge is 0.484 e. The number of anilines is 1. The van der Waals surface area contributed by atoms with Crippen LogP contribution in [0.25, 0.3) is 0 Å². The molecule has 1 aromatic heterocycles. The van der Waals surface area contributed by atoms with Crippen LogP contribution in [0.1, 0.15) is 23.6 Å². The Morgan fingerprint density at radius 1 is 0.912 bits per heavy atom. The van der Waals surface area contributed by atoms with Crippen molar-refractivity contribution < 1.29 is 14.3 Å². The summed E-state index contributed by atoms with van der Waals surface area (Å²) < 4.78 is 7.42. The number of piperidine rings is 1. The molecule has 0 unspecified atom stereocenters. The second-order valence-electron chi connectivity index (χ2n) is 9.00. The van der Waals surface area contributed by atoms with E-state index in [2.05, 4.69) is 5.32 Å². The van der Waals surface area contributed by atoms with E-state index in [1.165, 1.54) is 0 Å². The van der Waals surface area contributed by atoms with Crippen molar-refractivity contribution >= 4 is 17.5 Å². The van der Waals surface area contributed by atoms with Crippen molar-refractivity contribution in [1.82, 2.24) is 9.47 Å². The molecule has 1 saturated heterocycles. The minimum Gasteiger partial charge on any atom is -0.484 e. The summed E-state index contributed by atoms with van der Waals surface area (Å²) in [6, 6.07) is 22.4. The average molecular weight is 458 g/mol. The number of hydrogen-bond donors (Lipinski definition) is 1. The van der Waals surface area contributed by atoms with Gasteiger partial charge in [-0.2, -0.15) is 0 Å². The van der Waals surface area contributed by atoms with E-state index in [-0.39, 0.29) is 42.2 Å². The molecular weight excluding hydrogens is 430 g/mol. The third-order valence-electron chi connectivity index (χ3n) is 6.54. The zero-order chi connectivity index (χ0) is 23.5. The van der Waals surface area contributed by atoms with Crippen LogP contribution in [0, 0.1) is 5.92 Å². The molecule has 0 saturated carbocycles. The van der Waals surface area contributed by atoms with E-state index < -0.39 is 0 Å². The summed E-state index contributed by atoms with van der Waals surface area (Å²) in [5, 5.41) is 2.78. The van der Waals surface area contributed by atoms with Crippen molar-refractivity contribution in [2.45, 2.75) is 25.3 Å². The summed E-state index contributed by atoms with van der Waals surface area (Å²) >= 11 is 0. The van der Waals surface area contributed by atoms with Crippen LogP contribution in [-0.2, 0) is 22.6 Å². The van der Waals surface area contributed by atoms with Crippen LogP contribution in [-0.4, -0.2) is 41.0 Å². The summed E-state index contributed by atoms with van der Waals surface area (Å²) in [5.74, 6) is 0.704. The Hall–Kier alpha value is -3.87. The molecule has 2 amide bonds. The number of amides is 2. The van der Waals surface area contributed by atoms with Crippen LogP contribution in [0.15, 0.2) is 77.6 Å². The lowest BCUT2D eigenvalue weighted by Crippen LogP contribution is -2.50. The van der Waals surface area contributed by atoms with E-state index in [1.54, 1.807) is 10.6 Å². The van der Waals surface area contributed by atoms with Gasteiger partial charge in [0.1, 0.15) is 11.4 Å². The van der Waals surface area contributed by atoms with Crippen molar-refractivity contribution in [2.75, 3.05) is 25.0 Å². The Morgan fingerprint density at radius 3 is 2.41 bits per heavy atom. The molecule has 2 aliphatic heterocycles. The molecule has 2 bridgehead atoms. The Morgan fingerprint density at radius 2 is 1.65 bits per heavy atom. The van der Waals surface area contributed by atoms with Gasteiger partial charge in [-0.3, -0.25) is 14.4 Å². The fourth-order valence-corrected chi connectivity index (χ4v) is 4.97. The van der Waals surface area contributed by atoms with Gasteiger partial charge in [0, 0.05) is 31.2 Å². The first-order valence-electron chi connectivity index (χ1n) is 11.6. The number of carbonyl (C=O) groups excluding carboxylic acids is 2. The highest BCUT2D eigenvalue weighted by Crippen LogP contribution is 2.35. The van der Waals surface area contributed by atoms with E-state index >= 15 is 0 Å². The summed E-state index contributed by atoms with van der Waals surface area (Å²) in [5.41, 5.74) is 1.94. The quantitative estimate of drug-likeness (QED) is 0.617. The molecule has 2 aromatic carbocycles. The Balaban J connectivity index is 1.26. The van der Waals surface area contributed by atoms with Gasteiger partial charge in [-0.15, -0.1) is 0 Å². The van der Waals surface area contributed by atoms with E-state index in [0.717, 1.165) is 17.7 Å². The minimum atomic E-state index is -0.213. The maximum atomic E-state index is 13.2. The molecule has 3 heterocycles. The monoisotopic (exact) mass is 457 g/mol. The Kier molecular flexibility index (Phi) is 6.16. The smallest absolute Gasteiger partial charge is 0.274 e. The van der Waals surface area contributed by atoms with Crippen molar-refractivity contribution in [3.63, 3.8) is 0 Å². The number of pyridine rings is 1. The highest BCUT2D eigenvalue weighted by atomic mass is 16.5. The van der Waals surface area contributed by atoms with Crippen LogP contribution in [0.4, 0.5) is 5.69 Å². The lowest BCUT2D eigenvalue weighted by molar-refractivity contribution is -0.136. The number of hydrogen-bond acceptors (Lipinski definition) is 4. The van der Waals surface area contributed by atoms with Crippen LogP contribution in [0.3, 0.4) is 0 Å². The fraction of sp³-hybridized carbons (Fsp3) is 0.296. The van der Waals surface area contributed by atoms with E-state index in [4.69, 9.17) is 4.74 Å². The SMILES string of the molecule is O=C(Cc1ccccc1)Nc1ccc2n(c1=O)C[C@@H]1C[C@@H]2CN(C(=O)COc2ccccc2)C1. The lowest BCUT2D eigenvalue weighted by atomic mass is 9.83. The summed E-state index contributed by atoms with van der Waals surface area (Å²) in [6.07, 6.45) is 1.16. The Labute approximate surface area is 198 Å². The average Bonchev–Trinajstić information content (AvgIpc) is 2.85. The number of benzene rings is 2. The van der Waals surface area contributed by atoms with Gasteiger partial charge in [-0.25, -0.2) is 0 Å². The van der Waals surface area contributed by atoms with Gasteiger partial charge in [-0.1, -0.05) is 48.5 Å². The number of para-hydroxylation sites is 1. The normalized spacial score (nSPS) is 18.6. The number of aromatic nitrogens is 1. The van der Waals surface area contributed by atoms with Gasteiger partial charge in [0.25, 0.3) is 11.5 Å². The van der Waals surface area contributed by atoms with Gasteiger partial charge < -0.3 is 19.5 Å². The second kappa shape index (κ2) is 9.55. The van der Waals surface area contributed by atoms with Gasteiger partial charge in [0.05, 0.1) is 6.42 Å². The molecule has 34 heavy (non-hydrogen) atoms. The third kappa shape index (κ3) is 4.73. The summed E-state index contributed by atoms with van der Waals surface area (Å²) in [7, 11) is 0. The van der Waals surface area contributed by atoms with Crippen LogP contribution >= 0.6 is 0 Å². The van der Waals surface area contributed by atoms with Gasteiger partial charge in [-0.05, 0) is 42.2 Å². The molecule has 0 spiro atoms. The van der Waals surface area contributed by atoms with Crippen molar-refractivity contribution in [2.24, 2.45) is 5.92 Å². The maximum absolute atomic E-state index is 13.2. The van der Waals surface area contributed by atoms with Crippen LogP contribution in [0.5, 0.6) is 5.75 Å². The lowest BCUT2D eigenvalue weighted by Gasteiger charge is -2.42. The number of likely N-dealkylation sites (tertiary alicyclic amines) is 1. The molecule has 7 nitrogen and oxygen atoms in total. The highest BCUT2D eigenvalue weighted by Gasteiger charge is 2.36. The zero-order valence-corrected chi connectivity index (χ0v) is 18.9. The maximum Gasteiger partial charge on any atom is 0.274 e. The second-order valence-corrected chi connectivity index (χ2v) is 9.00. The van der Waals surface area contributed by atoms with Gasteiger partial charge in [0.2, 0.25) is 5.91 Å². The molecule has 2 aliphatic rings. The molecule has 0 aliphatic carbocycles. The summed E-state index contributed by atoms with van der Waals surface area (Å²) in [4.78, 5) is 40.3. The molecule has 7 heteroatoms. The molecule has 1 N–H and O–H groups in total. The van der Waals surface area contributed by atoms with Gasteiger partial charge >= 0.3 is 0 Å². The first-order chi connectivity index (χ1) is 16.6. The number of nitrogens with one attached hydrogen (secondary N) is 1. The van der Waals surface area contributed by atoms with Crippen molar-refractivity contribution in [3.8, 4) is 5.75 Å².